The van der Waals surface area contributed by atoms with E-state index in [9.17, 15) is 5.11 Å². The highest BCUT2D eigenvalue weighted by Crippen LogP contribution is 2.34. The molecule has 0 saturated heterocycles. The van der Waals surface area contributed by atoms with Crippen LogP contribution >= 0.6 is 0 Å². The van der Waals surface area contributed by atoms with Crippen molar-refractivity contribution in [1.82, 2.24) is 0 Å². The summed E-state index contributed by atoms with van der Waals surface area (Å²) in [5, 5.41) is 9.55. The lowest BCUT2D eigenvalue weighted by Crippen LogP contribution is -2.45. The van der Waals surface area contributed by atoms with Crippen LogP contribution in [0.2, 0.25) is 0 Å². The number of aliphatic hydroxyl groups excluding tert-OH is 1. The summed E-state index contributed by atoms with van der Waals surface area (Å²) in [6.07, 6.45) is 10.0. The molecule has 0 saturated carbocycles. The molecule has 1 unspecified atom stereocenters. The van der Waals surface area contributed by atoms with Crippen LogP contribution in [0.5, 0.6) is 0 Å². The number of methoxy groups -OCH3 is 2. The molecule has 0 rings (SSSR count). The fourth-order valence-corrected chi connectivity index (χ4v) is 3.28. The van der Waals surface area contributed by atoms with E-state index < -0.39 is 5.79 Å². The Balaban J connectivity index is 4.73. The molecular formula is C20H42O5. The lowest BCUT2D eigenvalue weighted by molar-refractivity contribution is -0.278. The molecule has 0 aromatic heterocycles. The van der Waals surface area contributed by atoms with Crippen molar-refractivity contribution in [3.63, 3.8) is 0 Å². The molecule has 5 heteroatoms. The van der Waals surface area contributed by atoms with Crippen LogP contribution in [0, 0.1) is 5.92 Å². The summed E-state index contributed by atoms with van der Waals surface area (Å²) in [5.74, 6) is -0.481. The maximum atomic E-state index is 9.55. The van der Waals surface area contributed by atoms with Crippen LogP contribution in [-0.2, 0) is 18.9 Å². The Morgan fingerprint density at radius 2 is 1.32 bits per heavy atom. The lowest BCUT2D eigenvalue weighted by atomic mass is 9.87. The number of hydrogen-bond donors (Lipinski definition) is 1. The molecule has 1 atom stereocenters. The second-order valence-corrected chi connectivity index (χ2v) is 6.61. The molecule has 25 heavy (non-hydrogen) atoms. The fourth-order valence-electron chi connectivity index (χ4n) is 3.28. The Hall–Kier alpha value is -0.200. The van der Waals surface area contributed by atoms with E-state index in [1.165, 1.54) is 32.1 Å². The Morgan fingerprint density at radius 3 is 1.80 bits per heavy atom. The number of aliphatic hydroxyl groups is 1. The Labute approximate surface area is 155 Å². The standard InChI is InChI=1S/C20H42O5/c1-5-7-8-9-10-11-12-19(13-14-21)20(6-2,24-17-15-22-3)25-18-16-23-4/h19,21H,5-18H2,1-4H3. The van der Waals surface area contributed by atoms with E-state index in [0.717, 1.165) is 19.3 Å². The molecule has 0 heterocycles. The molecule has 0 aliphatic heterocycles. The molecule has 0 aromatic rings. The van der Waals surface area contributed by atoms with Crippen LogP contribution in [0.15, 0.2) is 0 Å². The first-order chi connectivity index (χ1) is 12.2. The summed E-state index contributed by atoms with van der Waals surface area (Å²) in [6, 6.07) is 0. The summed E-state index contributed by atoms with van der Waals surface area (Å²) < 4.78 is 22.6. The van der Waals surface area contributed by atoms with Crippen molar-refractivity contribution < 1.29 is 24.1 Å². The largest absolute Gasteiger partial charge is 0.396 e. The second-order valence-electron chi connectivity index (χ2n) is 6.61. The van der Waals surface area contributed by atoms with Gasteiger partial charge in [-0.05, 0) is 19.3 Å². The summed E-state index contributed by atoms with van der Waals surface area (Å²) >= 11 is 0. The van der Waals surface area contributed by atoms with Crippen molar-refractivity contribution in [3.8, 4) is 0 Å². The third kappa shape index (κ3) is 11.2. The van der Waals surface area contributed by atoms with Crippen molar-refractivity contribution in [2.75, 3.05) is 47.3 Å². The molecule has 0 aromatic carbocycles. The quantitative estimate of drug-likeness (QED) is 0.276. The van der Waals surface area contributed by atoms with Gasteiger partial charge >= 0.3 is 0 Å². The highest BCUT2D eigenvalue weighted by atomic mass is 16.7. The van der Waals surface area contributed by atoms with Crippen molar-refractivity contribution in [2.45, 2.75) is 77.4 Å². The molecule has 0 fully saturated rings. The molecule has 0 spiro atoms. The van der Waals surface area contributed by atoms with Crippen LogP contribution in [-0.4, -0.2) is 58.1 Å². The van der Waals surface area contributed by atoms with Gasteiger partial charge in [0.2, 0.25) is 0 Å². The van der Waals surface area contributed by atoms with E-state index in [2.05, 4.69) is 13.8 Å². The Bertz CT molecular complexity index is 263. The maximum absolute atomic E-state index is 9.55. The molecule has 152 valence electrons. The zero-order valence-corrected chi connectivity index (χ0v) is 17.1. The first kappa shape index (κ1) is 24.8. The summed E-state index contributed by atoms with van der Waals surface area (Å²) in [5.41, 5.74) is 0. The third-order valence-corrected chi connectivity index (χ3v) is 4.77. The minimum Gasteiger partial charge on any atom is -0.396 e. The van der Waals surface area contributed by atoms with Gasteiger partial charge in [-0.2, -0.15) is 0 Å². The predicted molar refractivity (Wildman–Crippen MR) is 102 cm³/mol. The van der Waals surface area contributed by atoms with E-state index in [-0.39, 0.29) is 12.5 Å². The van der Waals surface area contributed by atoms with E-state index >= 15 is 0 Å². The van der Waals surface area contributed by atoms with Crippen LogP contribution < -0.4 is 0 Å². The molecule has 1 N–H and O–H groups in total. The number of unbranched alkanes of at least 4 members (excludes halogenated alkanes) is 5. The normalized spacial score (nSPS) is 13.3. The highest BCUT2D eigenvalue weighted by molar-refractivity contribution is 4.79. The van der Waals surface area contributed by atoms with Crippen molar-refractivity contribution >= 4 is 0 Å². The molecule has 0 amide bonds. The zero-order chi connectivity index (χ0) is 18.8. The van der Waals surface area contributed by atoms with Crippen molar-refractivity contribution in [2.24, 2.45) is 5.92 Å². The number of hydrogen-bond acceptors (Lipinski definition) is 5. The molecule has 0 bridgehead atoms. The van der Waals surface area contributed by atoms with E-state index in [1.807, 2.05) is 0 Å². The van der Waals surface area contributed by atoms with E-state index in [1.54, 1.807) is 14.2 Å². The monoisotopic (exact) mass is 362 g/mol. The Morgan fingerprint density at radius 1 is 0.760 bits per heavy atom. The van der Waals surface area contributed by atoms with Gasteiger partial charge in [0.1, 0.15) is 0 Å². The van der Waals surface area contributed by atoms with Gasteiger partial charge in [0.05, 0.1) is 26.4 Å². The average molecular weight is 363 g/mol. The number of ether oxygens (including phenoxy) is 4. The topological polar surface area (TPSA) is 57.2 Å². The van der Waals surface area contributed by atoms with E-state index in [4.69, 9.17) is 18.9 Å². The van der Waals surface area contributed by atoms with Crippen LogP contribution in [0.3, 0.4) is 0 Å². The van der Waals surface area contributed by atoms with Gasteiger partial charge in [-0.25, -0.2) is 0 Å². The Kier molecular flexibility index (Phi) is 17.1. The number of rotatable bonds is 19. The molecular weight excluding hydrogens is 320 g/mol. The molecule has 0 aliphatic carbocycles. The minimum absolute atomic E-state index is 0.156. The van der Waals surface area contributed by atoms with Gasteiger partial charge in [-0.3, -0.25) is 0 Å². The van der Waals surface area contributed by atoms with Crippen molar-refractivity contribution in [3.05, 3.63) is 0 Å². The van der Waals surface area contributed by atoms with Gasteiger partial charge in [0.25, 0.3) is 0 Å². The van der Waals surface area contributed by atoms with Crippen LogP contribution in [0.1, 0.15) is 71.6 Å². The first-order valence-corrected chi connectivity index (χ1v) is 10.1. The van der Waals surface area contributed by atoms with Crippen LogP contribution in [0.25, 0.3) is 0 Å². The molecule has 0 aliphatic rings. The van der Waals surface area contributed by atoms with Gasteiger partial charge in [0.15, 0.2) is 5.79 Å². The summed E-state index contributed by atoms with van der Waals surface area (Å²) in [7, 11) is 3.34. The van der Waals surface area contributed by atoms with Gasteiger partial charge in [-0.15, -0.1) is 0 Å². The highest BCUT2D eigenvalue weighted by Gasteiger charge is 2.38. The average Bonchev–Trinajstić information content (AvgIpc) is 2.63. The molecule has 5 nitrogen and oxygen atoms in total. The van der Waals surface area contributed by atoms with Crippen molar-refractivity contribution in [1.29, 1.82) is 0 Å². The SMILES string of the molecule is CCCCCCCCC(CCO)C(CC)(OCCOC)OCCOC. The zero-order valence-electron chi connectivity index (χ0n) is 17.1. The fraction of sp³-hybridized carbons (Fsp3) is 1.00. The van der Waals surface area contributed by atoms with E-state index in [0.29, 0.717) is 32.8 Å². The molecule has 0 radical (unpaired) electrons. The smallest absolute Gasteiger partial charge is 0.171 e. The lowest BCUT2D eigenvalue weighted by Gasteiger charge is -2.40. The van der Waals surface area contributed by atoms with Crippen LogP contribution in [0.4, 0.5) is 0 Å². The second kappa shape index (κ2) is 17.2. The third-order valence-electron chi connectivity index (χ3n) is 4.77. The summed E-state index contributed by atoms with van der Waals surface area (Å²) in [4.78, 5) is 0. The summed E-state index contributed by atoms with van der Waals surface area (Å²) in [6.45, 7) is 6.55. The van der Waals surface area contributed by atoms with Gasteiger partial charge in [-0.1, -0.05) is 52.4 Å². The predicted octanol–water partition coefficient (Wildman–Crippen LogP) is 4.17. The van der Waals surface area contributed by atoms with Gasteiger partial charge in [0, 0.05) is 26.7 Å². The minimum atomic E-state index is -0.663. The first-order valence-electron chi connectivity index (χ1n) is 10.1. The van der Waals surface area contributed by atoms with Gasteiger partial charge < -0.3 is 24.1 Å². The maximum Gasteiger partial charge on any atom is 0.171 e.